The molecular formula is C25H24N2O8. The largest absolute Gasteiger partial charge is 0.488 e. The van der Waals surface area contributed by atoms with Crippen LogP contribution in [0.3, 0.4) is 0 Å². The van der Waals surface area contributed by atoms with Crippen LogP contribution in [0.4, 0.5) is 5.82 Å². The quantitative estimate of drug-likeness (QED) is 0.462. The molecule has 0 spiro atoms. The molecule has 182 valence electrons. The molecule has 10 nitrogen and oxygen atoms in total. The van der Waals surface area contributed by atoms with Gasteiger partial charge in [-0.05, 0) is 50.2 Å². The van der Waals surface area contributed by atoms with Gasteiger partial charge in [0.15, 0.2) is 11.5 Å². The van der Waals surface area contributed by atoms with Gasteiger partial charge in [0, 0.05) is 24.8 Å². The number of aromatic carboxylic acids is 1. The number of nitrogens with zero attached hydrogens (tertiary/aromatic N) is 1. The molecule has 3 aromatic rings. The predicted octanol–water partition coefficient (Wildman–Crippen LogP) is 4.28. The Labute approximate surface area is 201 Å². The minimum absolute atomic E-state index is 0.0601. The lowest BCUT2D eigenvalue weighted by molar-refractivity contribution is 0.0695. The molecule has 0 unspecified atom stereocenters. The first-order chi connectivity index (χ1) is 16.8. The Balaban J connectivity index is 1.60. The first-order valence-electron chi connectivity index (χ1n) is 10.7. The van der Waals surface area contributed by atoms with Gasteiger partial charge in [0.05, 0.1) is 17.9 Å². The molecule has 2 N–H and O–H groups in total. The molecule has 0 fully saturated rings. The number of anilines is 1. The van der Waals surface area contributed by atoms with E-state index in [1.54, 1.807) is 50.4 Å². The van der Waals surface area contributed by atoms with E-state index in [-0.39, 0.29) is 35.5 Å². The maximum absolute atomic E-state index is 13.0. The van der Waals surface area contributed by atoms with Crippen molar-refractivity contribution in [2.24, 2.45) is 0 Å². The fourth-order valence-electron chi connectivity index (χ4n) is 3.45. The van der Waals surface area contributed by atoms with Crippen LogP contribution in [0.25, 0.3) is 0 Å². The third kappa shape index (κ3) is 5.79. The summed E-state index contributed by atoms with van der Waals surface area (Å²) in [7, 11) is 1.57. The summed E-state index contributed by atoms with van der Waals surface area (Å²) in [6, 6.07) is 12.8. The average molecular weight is 480 g/mol. The number of nitrogens with one attached hydrogen (secondary N) is 1. The minimum atomic E-state index is -1.09. The summed E-state index contributed by atoms with van der Waals surface area (Å²) >= 11 is 0. The normalized spacial score (nSPS) is 12.7. The summed E-state index contributed by atoms with van der Waals surface area (Å²) in [5.74, 6) is 1.10. The molecule has 1 atom stereocenters. The Morgan fingerprint density at radius 1 is 1.06 bits per heavy atom. The van der Waals surface area contributed by atoms with E-state index in [1.165, 1.54) is 12.1 Å². The SMILES string of the molecule is COC[C@H](C)Oc1cc(Oc2ccc3c(c2)OCO3)cc(C(=O)Nc2ccc(C(=O)O)c(C)n2)c1. The summed E-state index contributed by atoms with van der Waals surface area (Å²) < 4.78 is 27.7. The van der Waals surface area contributed by atoms with Gasteiger partial charge in [-0.3, -0.25) is 4.79 Å². The van der Waals surface area contributed by atoms with Crippen molar-refractivity contribution in [1.29, 1.82) is 0 Å². The number of aryl methyl sites for hydroxylation is 1. The smallest absolute Gasteiger partial charge is 0.337 e. The first-order valence-corrected chi connectivity index (χ1v) is 10.7. The number of hydrogen-bond acceptors (Lipinski definition) is 8. The second kappa shape index (κ2) is 10.3. The summed E-state index contributed by atoms with van der Waals surface area (Å²) in [6.07, 6.45) is -0.274. The van der Waals surface area contributed by atoms with Crippen molar-refractivity contribution in [2.45, 2.75) is 20.0 Å². The van der Waals surface area contributed by atoms with Crippen LogP contribution < -0.4 is 24.3 Å². The van der Waals surface area contributed by atoms with Gasteiger partial charge in [-0.1, -0.05) is 0 Å². The number of hydrogen-bond donors (Lipinski definition) is 2. The van der Waals surface area contributed by atoms with Crippen molar-refractivity contribution in [3.8, 4) is 28.7 Å². The summed E-state index contributed by atoms with van der Waals surface area (Å²) in [6.45, 7) is 3.89. The van der Waals surface area contributed by atoms with Crippen LogP contribution in [0.2, 0.25) is 0 Å². The highest BCUT2D eigenvalue weighted by molar-refractivity contribution is 6.04. The standard InChI is InChI=1S/C25H24N2O8/c1-14(12-31-3)34-18-8-16(24(28)27-23-7-5-20(25(29)30)15(2)26-23)9-19(10-18)35-17-4-6-21-22(11-17)33-13-32-21/h4-11,14H,12-13H2,1-3H3,(H,29,30)(H,26,27,28)/t14-/m0/s1. The van der Waals surface area contributed by atoms with E-state index in [0.717, 1.165) is 0 Å². The molecule has 1 aliphatic rings. The maximum atomic E-state index is 13.0. The Hall–Kier alpha value is -4.31. The Morgan fingerprint density at radius 3 is 2.57 bits per heavy atom. The summed E-state index contributed by atoms with van der Waals surface area (Å²) in [5, 5.41) is 11.9. The minimum Gasteiger partial charge on any atom is -0.488 e. The van der Waals surface area contributed by atoms with Crippen LogP contribution >= 0.6 is 0 Å². The van der Waals surface area contributed by atoms with Crippen molar-refractivity contribution in [1.82, 2.24) is 4.98 Å². The van der Waals surface area contributed by atoms with Crippen molar-refractivity contribution < 1.29 is 38.4 Å². The number of pyridine rings is 1. The molecule has 0 aliphatic carbocycles. The molecule has 0 radical (unpaired) electrons. The molecule has 1 aliphatic heterocycles. The number of rotatable bonds is 9. The predicted molar refractivity (Wildman–Crippen MR) is 125 cm³/mol. The Morgan fingerprint density at radius 2 is 1.83 bits per heavy atom. The average Bonchev–Trinajstić information content (AvgIpc) is 3.27. The molecule has 1 amide bonds. The molecule has 10 heteroatoms. The second-order valence-corrected chi connectivity index (χ2v) is 7.78. The second-order valence-electron chi connectivity index (χ2n) is 7.78. The lowest BCUT2D eigenvalue weighted by atomic mass is 10.1. The van der Waals surface area contributed by atoms with Gasteiger partial charge < -0.3 is 34.1 Å². The topological polar surface area (TPSA) is 125 Å². The van der Waals surface area contributed by atoms with Gasteiger partial charge in [-0.15, -0.1) is 0 Å². The monoisotopic (exact) mass is 480 g/mol. The van der Waals surface area contributed by atoms with Crippen LogP contribution in [-0.2, 0) is 4.74 Å². The lowest BCUT2D eigenvalue weighted by Gasteiger charge is -2.16. The fourth-order valence-corrected chi connectivity index (χ4v) is 3.45. The fraction of sp³-hybridized carbons (Fsp3) is 0.240. The molecule has 4 rings (SSSR count). The third-order valence-electron chi connectivity index (χ3n) is 5.02. The summed E-state index contributed by atoms with van der Waals surface area (Å²) in [4.78, 5) is 28.4. The van der Waals surface area contributed by atoms with E-state index in [1.807, 2.05) is 6.92 Å². The van der Waals surface area contributed by atoms with Gasteiger partial charge in [0.1, 0.15) is 29.2 Å². The number of ether oxygens (including phenoxy) is 5. The molecule has 2 heterocycles. The zero-order valence-electron chi connectivity index (χ0n) is 19.4. The van der Waals surface area contributed by atoms with E-state index in [9.17, 15) is 14.7 Å². The highest BCUT2D eigenvalue weighted by atomic mass is 16.7. The number of aromatic nitrogens is 1. The van der Waals surface area contributed by atoms with E-state index < -0.39 is 11.9 Å². The maximum Gasteiger partial charge on any atom is 0.337 e. The van der Waals surface area contributed by atoms with Crippen LogP contribution in [0.15, 0.2) is 48.5 Å². The van der Waals surface area contributed by atoms with Crippen LogP contribution in [0.1, 0.15) is 33.3 Å². The van der Waals surface area contributed by atoms with Crippen LogP contribution in [-0.4, -0.2) is 48.6 Å². The Bertz CT molecular complexity index is 1260. The molecule has 2 aromatic carbocycles. The number of carboxylic acid groups (broad SMARTS) is 1. The van der Waals surface area contributed by atoms with Gasteiger partial charge >= 0.3 is 5.97 Å². The molecular weight excluding hydrogens is 456 g/mol. The summed E-state index contributed by atoms with van der Waals surface area (Å²) in [5.41, 5.74) is 0.599. The Kier molecular flexibility index (Phi) is 7.02. The number of carbonyl (C=O) groups excluding carboxylic acids is 1. The molecule has 35 heavy (non-hydrogen) atoms. The van der Waals surface area contributed by atoms with Crippen molar-refractivity contribution >= 4 is 17.7 Å². The number of amides is 1. The van der Waals surface area contributed by atoms with Gasteiger partial charge in [-0.25, -0.2) is 9.78 Å². The van der Waals surface area contributed by atoms with E-state index in [4.69, 9.17) is 23.7 Å². The van der Waals surface area contributed by atoms with E-state index in [2.05, 4.69) is 10.3 Å². The highest BCUT2D eigenvalue weighted by Crippen LogP contribution is 2.37. The molecule has 0 saturated heterocycles. The van der Waals surface area contributed by atoms with Gasteiger partial charge in [0.25, 0.3) is 5.91 Å². The molecule has 1 aromatic heterocycles. The molecule has 0 bridgehead atoms. The van der Waals surface area contributed by atoms with Gasteiger partial charge in [0.2, 0.25) is 6.79 Å². The molecule has 0 saturated carbocycles. The van der Waals surface area contributed by atoms with Crippen molar-refractivity contribution in [2.75, 3.05) is 25.8 Å². The number of methoxy groups -OCH3 is 1. The van der Waals surface area contributed by atoms with E-state index >= 15 is 0 Å². The van der Waals surface area contributed by atoms with Crippen LogP contribution in [0.5, 0.6) is 28.7 Å². The zero-order chi connectivity index (χ0) is 24.9. The first kappa shape index (κ1) is 23.8. The third-order valence-corrected chi connectivity index (χ3v) is 5.02. The van der Waals surface area contributed by atoms with Crippen LogP contribution in [0, 0.1) is 6.92 Å². The number of carbonyl (C=O) groups is 2. The van der Waals surface area contributed by atoms with E-state index in [0.29, 0.717) is 35.4 Å². The number of carboxylic acids is 1. The van der Waals surface area contributed by atoms with Crippen molar-refractivity contribution in [3.05, 3.63) is 65.4 Å². The number of fused-ring (bicyclic) bond motifs is 1. The zero-order valence-corrected chi connectivity index (χ0v) is 19.4. The number of benzene rings is 2. The lowest BCUT2D eigenvalue weighted by Crippen LogP contribution is -2.19. The van der Waals surface area contributed by atoms with Crippen molar-refractivity contribution in [3.63, 3.8) is 0 Å². The van der Waals surface area contributed by atoms with Gasteiger partial charge in [-0.2, -0.15) is 0 Å². The highest BCUT2D eigenvalue weighted by Gasteiger charge is 2.17.